The Labute approximate surface area is 118 Å². The largest absolute Gasteiger partial charge is 0.375 e. The summed E-state index contributed by atoms with van der Waals surface area (Å²) < 4.78 is 0. The van der Waals surface area contributed by atoms with Crippen LogP contribution in [-0.2, 0) is 0 Å². The van der Waals surface area contributed by atoms with Crippen LogP contribution >= 0.6 is 12.2 Å². The number of rotatable bonds is 3. The summed E-state index contributed by atoms with van der Waals surface area (Å²) in [5.41, 5.74) is 12.2. The maximum atomic E-state index is 5.33. The molecule has 0 aliphatic heterocycles. The molecule has 0 bridgehead atoms. The lowest BCUT2D eigenvalue weighted by atomic mass is 10.0. The molecule has 0 unspecified atom stereocenters. The van der Waals surface area contributed by atoms with E-state index < -0.39 is 0 Å². The van der Waals surface area contributed by atoms with Crippen LogP contribution in [0.15, 0.2) is 59.7 Å². The molecule has 0 spiro atoms. The summed E-state index contributed by atoms with van der Waals surface area (Å²) in [5, 5.41) is 4.26. The maximum Gasteiger partial charge on any atom is 0.184 e. The van der Waals surface area contributed by atoms with Crippen LogP contribution in [-0.4, -0.2) is 10.8 Å². The van der Waals surface area contributed by atoms with Crippen molar-refractivity contribution in [3.05, 3.63) is 60.2 Å². The van der Waals surface area contributed by atoms with Crippen LogP contribution in [0, 0.1) is 0 Å². The molecule has 2 rings (SSSR count). The van der Waals surface area contributed by atoms with Crippen LogP contribution in [0.5, 0.6) is 0 Å². The minimum absolute atomic E-state index is 0.167. The number of hydrogen-bond acceptors (Lipinski definition) is 2. The first-order valence-electron chi connectivity index (χ1n) is 5.92. The quantitative estimate of drug-likeness (QED) is 0.512. The molecular weight excluding hydrogens is 254 g/mol. The molecule has 4 heteroatoms. The van der Waals surface area contributed by atoms with E-state index >= 15 is 0 Å². The standard InChI is InChI=1S/C15H15N3S/c1-11(17-18-15(16)19)12-7-9-14(10-8-12)13-5-3-2-4-6-13/h2-10H,1H3,(H3,16,18,19)/b17-11-. The van der Waals surface area contributed by atoms with Crippen molar-refractivity contribution >= 4 is 23.0 Å². The molecule has 19 heavy (non-hydrogen) atoms. The van der Waals surface area contributed by atoms with Gasteiger partial charge in [0.1, 0.15) is 0 Å². The summed E-state index contributed by atoms with van der Waals surface area (Å²) in [5.74, 6) is 0. The van der Waals surface area contributed by atoms with Crippen molar-refractivity contribution in [2.24, 2.45) is 10.8 Å². The van der Waals surface area contributed by atoms with Crippen molar-refractivity contribution in [1.82, 2.24) is 5.43 Å². The monoisotopic (exact) mass is 269 g/mol. The van der Waals surface area contributed by atoms with E-state index in [2.05, 4.69) is 34.8 Å². The first-order chi connectivity index (χ1) is 9.16. The zero-order chi connectivity index (χ0) is 13.7. The van der Waals surface area contributed by atoms with Gasteiger partial charge in [0.25, 0.3) is 0 Å². The number of nitrogens with one attached hydrogen (secondary N) is 1. The highest BCUT2D eigenvalue weighted by Gasteiger charge is 2.00. The second kappa shape index (κ2) is 6.11. The molecule has 0 atom stereocenters. The zero-order valence-corrected chi connectivity index (χ0v) is 11.4. The van der Waals surface area contributed by atoms with Gasteiger partial charge in [0.2, 0.25) is 0 Å². The Kier molecular flexibility index (Phi) is 4.26. The molecule has 3 nitrogen and oxygen atoms in total. The SMILES string of the molecule is C/C(=N/NC(N)=S)c1ccc(-c2ccccc2)cc1. The van der Waals surface area contributed by atoms with Gasteiger partial charge in [-0.1, -0.05) is 54.6 Å². The molecule has 0 heterocycles. The average molecular weight is 269 g/mol. The molecule has 0 radical (unpaired) electrons. The van der Waals surface area contributed by atoms with Gasteiger partial charge in [-0.3, -0.25) is 5.43 Å². The highest BCUT2D eigenvalue weighted by Crippen LogP contribution is 2.19. The lowest BCUT2D eigenvalue weighted by Crippen LogP contribution is -2.25. The van der Waals surface area contributed by atoms with Gasteiger partial charge in [-0.25, -0.2) is 0 Å². The third-order valence-corrected chi connectivity index (χ3v) is 2.83. The maximum absolute atomic E-state index is 5.33. The van der Waals surface area contributed by atoms with Crippen LogP contribution < -0.4 is 11.2 Å². The van der Waals surface area contributed by atoms with E-state index in [9.17, 15) is 0 Å². The Balaban J connectivity index is 2.19. The Hall–Kier alpha value is -2.20. The average Bonchev–Trinajstić information content (AvgIpc) is 2.46. The van der Waals surface area contributed by atoms with Gasteiger partial charge in [0.05, 0.1) is 5.71 Å². The molecular formula is C15H15N3S. The Morgan fingerprint density at radius 2 is 1.58 bits per heavy atom. The number of nitrogens with zero attached hydrogens (tertiary/aromatic N) is 1. The van der Waals surface area contributed by atoms with Crippen LogP contribution in [0.2, 0.25) is 0 Å². The van der Waals surface area contributed by atoms with E-state index in [0.29, 0.717) is 0 Å². The Morgan fingerprint density at radius 1 is 1.00 bits per heavy atom. The van der Waals surface area contributed by atoms with E-state index in [1.807, 2.05) is 37.3 Å². The van der Waals surface area contributed by atoms with Crippen LogP contribution in [0.25, 0.3) is 11.1 Å². The predicted octanol–water partition coefficient (Wildman–Crippen LogP) is 2.91. The topological polar surface area (TPSA) is 50.4 Å². The lowest BCUT2D eigenvalue weighted by molar-refractivity contribution is 1.03. The number of nitrogens with two attached hydrogens (primary N) is 1. The smallest absolute Gasteiger partial charge is 0.184 e. The minimum Gasteiger partial charge on any atom is -0.375 e. The molecule has 2 aromatic carbocycles. The summed E-state index contributed by atoms with van der Waals surface area (Å²) >= 11 is 4.71. The second-order valence-electron chi connectivity index (χ2n) is 4.12. The molecule has 0 saturated heterocycles. The van der Waals surface area contributed by atoms with Gasteiger partial charge in [-0.2, -0.15) is 5.10 Å². The van der Waals surface area contributed by atoms with Crippen LogP contribution in [0.4, 0.5) is 0 Å². The zero-order valence-electron chi connectivity index (χ0n) is 10.6. The van der Waals surface area contributed by atoms with E-state index in [4.69, 9.17) is 18.0 Å². The minimum atomic E-state index is 0.167. The van der Waals surface area contributed by atoms with Crippen LogP contribution in [0.1, 0.15) is 12.5 Å². The molecule has 0 amide bonds. The molecule has 0 saturated carbocycles. The number of benzene rings is 2. The van der Waals surface area contributed by atoms with E-state index in [1.54, 1.807) is 0 Å². The lowest BCUT2D eigenvalue weighted by Gasteiger charge is -2.05. The van der Waals surface area contributed by atoms with E-state index in [0.717, 1.165) is 11.3 Å². The van der Waals surface area contributed by atoms with E-state index in [1.165, 1.54) is 11.1 Å². The number of hydrazone groups is 1. The molecule has 0 fully saturated rings. The summed E-state index contributed by atoms with van der Waals surface area (Å²) in [6.07, 6.45) is 0. The molecule has 2 aromatic rings. The summed E-state index contributed by atoms with van der Waals surface area (Å²) in [4.78, 5) is 0. The van der Waals surface area contributed by atoms with Gasteiger partial charge in [0, 0.05) is 0 Å². The van der Waals surface area contributed by atoms with Gasteiger partial charge >= 0.3 is 0 Å². The fourth-order valence-electron chi connectivity index (χ4n) is 1.74. The molecule has 3 N–H and O–H groups in total. The van der Waals surface area contributed by atoms with Crippen molar-refractivity contribution in [3.63, 3.8) is 0 Å². The van der Waals surface area contributed by atoms with E-state index in [-0.39, 0.29) is 5.11 Å². The first kappa shape index (κ1) is 13.2. The Morgan fingerprint density at radius 3 is 2.16 bits per heavy atom. The number of thiocarbonyl (C=S) groups is 1. The third kappa shape index (κ3) is 3.63. The molecule has 0 aromatic heterocycles. The van der Waals surface area contributed by atoms with Gasteiger partial charge in [0.15, 0.2) is 5.11 Å². The Bertz CT molecular complexity index is 589. The predicted molar refractivity (Wildman–Crippen MR) is 84.0 cm³/mol. The molecule has 96 valence electrons. The summed E-state index contributed by atoms with van der Waals surface area (Å²) in [6.45, 7) is 1.91. The third-order valence-electron chi connectivity index (χ3n) is 2.74. The van der Waals surface area contributed by atoms with Crippen molar-refractivity contribution < 1.29 is 0 Å². The van der Waals surface area contributed by atoms with Crippen molar-refractivity contribution in [2.75, 3.05) is 0 Å². The fourth-order valence-corrected chi connectivity index (χ4v) is 1.78. The molecule has 0 aliphatic carbocycles. The summed E-state index contributed by atoms with van der Waals surface area (Å²) in [7, 11) is 0. The highest BCUT2D eigenvalue weighted by atomic mass is 32.1. The van der Waals surface area contributed by atoms with Crippen molar-refractivity contribution in [3.8, 4) is 11.1 Å². The van der Waals surface area contributed by atoms with Crippen LogP contribution in [0.3, 0.4) is 0 Å². The normalized spacial score (nSPS) is 11.1. The van der Waals surface area contributed by atoms with Gasteiger partial charge in [-0.05, 0) is 35.8 Å². The first-order valence-corrected chi connectivity index (χ1v) is 6.33. The number of hydrogen-bond donors (Lipinski definition) is 2. The van der Waals surface area contributed by atoms with Gasteiger partial charge < -0.3 is 5.73 Å². The van der Waals surface area contributed by atoms with Gasteiger partial charge in [-0.15, -0.1) is 0 Å². The fraction of sp³-hybridized carbons (Fsp3) is 0.0667. The second-order valence-corrected chi connectivity index (χ2v) is 4.56. The van der Waals surface area contributed by atoms with Crippen molar-refractivity contribution in [2.45, 2.75) is 6.92 Å². The highest BCUT2D eigenvalue weighted by molar-refractivity contribution is 7.80. The summed E-state index contributed by atoms with van der Waals surface area (Å²) in [6, 6.07) is 18.5. The molecule has 0 aliphatic rings. The van der Waals surface area contributed by atoms with Crippen molar-refractivity contribution in [1.29, 1.82) is 0 Å².